The number of hydrogen-bond donors (Lipinski definition) is 0. The fraction of sp³-hybridized carbons (Fsp3) is 0. The first kappa shape index (κ1) is 28.8. The van der Waals surface area contributed by atoms with Crippen LogP contribution < -0.4 is 0 Å². The van der Waals surface area contributed by atoms with E-state index in [-0.39, 0.29) is 87.2 Å². The first-order valence-corrected chi connectivity index (χ1v) is 0. The van der Waals surface area contributed by atoms with Crippen molar-refractivity contribution in [1.29, 1.82) is 0 Å². The molecule has 0 aliphatic carbocycles. The first-order chi connectivity index (χ1) is 0. The van der Waals surface area contributed by atoms with Crippen LogP contribution in [0.4, 0.5) is 0 Å². The van der Waals surface area contributed by atoms with Gasteiger partial charge in [-0.1, -0.05) is 0 Å². The van der Waals surface area contributed by atoms with Gasteiger partial charge in [0.2, 0.25) is 0 Å². The fourth-order valence-corrected chi connectivity index (χ4v) is 0. The molecule has 0 spiro atoms. The van der Waals surface area contributed by atoms with Gasteiger partial charge in [-0.2, -0.15) is 0 Å². The standard InChI is InChI=1S/Pt.Re.Rh.Zr. The fourth-order valence-electron chi connectivity index (χ4n) is 0. The first-order valence-electron chi connectivity index (χ1n) is 0. The minimum atomic E-state index is 0. The van der Waals surface area contributed by atoms with Crippen molar-refractivity contribution >= 4 is 0 Å². The summed E-state index contributed by atoms with van der Waals surface area (Å²) in [4.78, 5) is 0. The molecule has 0 nitrogen and oxygen atoms in total. The molecule has 0 fully saturated rings. The van der Waals surface area contributed by atoms with Crippen LogP contribution in [0, 0.1) is 0 Å². The molecule has 4 heteroatoms. The maximum atomic E-state index is 0. The van der Waals surface area contributed by atoms with Gasteiger partial charge in [-0.25, -0.2) is 0 Å². The molecule has 0 saturated heterocycles. The molecule has 0 saturated carbocycles. The minimum absolute atomic E-state index is 0. The SMILES string of the molecule is [Pt].[Re].[Rh].[Zr]. The van der Waals surface area contributed by atoms with Gasteiger partial charge in [0, 0.05) is 87.2 Å². The van der Waals surface area contributed by atoms with Crippen LogP contribution in [0.25, 0.3) is 0 Å². The van der Waals surface area contributed by atoms with Crippen LogP contribution in [0.3, 0.4) is 0 Å². The molecule has 0 bridgehead atoms. The molecule has 0 aromatic carbocycles. The summed E-state index contributed by atoms with van der Waals surface area (Å²) >= 11 is 0. The number of rotatable bonds is 0. The van der Waals surface area contributed by atoms with E-state index in [0.717, 1.165) is 0 Å². The Labute approximate surface area is 85.7 Å². The van der Waals surface area contributed by atoms with Crippen molar-refractivity contribution in [3.63, 3.8) is 0 Å². The molecule has 0 heterocycles. The van der Waals surface area contributed by atoms with Gasteiger partial charge in [0.05, 0.1) is 0 Å². The normalized spacial score (nSPS) is 0. The van der Waals surface area contributed by atoms with Gasteiger partial charge in [0.15, 0.2) is 0 Å². The van der Waals surface area contributed by atoms with Gasteiger partial charge in [-0.3, -0.25) is 0 Å². The van der Waals surface area contributed by atoms with Crippen LogP contribution in [0.2, 0.25) is 0 Å². The summed E-state index contributed by atoms with van der Waals surface area (Å²) in [6.45, 7) is 0. The van der Waals surface area contributed by atoms with Crippen molar-refractivity contribution in [2.24, 2.45) is 0 Å². The smallest absolute Gasteiger partial charge is 0 e. The van der Waals surface area contributed by atoms with Crippen LogP contribution in [0.5, 0.6) is 0 Å². The Morgan fingerprint density at radius 1 is 1.00 bits per heavy atom. The average molecular weight is 575 g/mol. The Bertz CT molecular complexity index is 8.00. The molecular formula is PtReRhZr. The van der Waals surface area contributed by atoms with E-state index in [2.05, 4.69) is 0 Å². The van der Waals surface area contributed by atoms with Crippen LogP contribution in [-0.4, -0.2) is 0 Å². The van der Waals surface area contributed by atoms with Crippen molar-refractivity contribution in [1.82, 2.24) is 0 Å². The molecule has 0 rings (SSSR count). The van der Waals surface area contributed by atoms with Crippen LogP contribution in [0.15, 0.2) is 0 Å². The molecule has 0 N–H and O–H groups in total. The Balaban J connectivity index is 0. The summed E-state index contributed by atoms with van der Waals surface area (Å²) in [5, 5.41) is 0. The van der Waals surface area contributed by atoms with E-state index in [9.17, 15) is 0 Å². The van der Waals surface area contributed by atoms with Gasteiger partial charge >= 0.3 is 0 Å². The van der Waals surface area contributed by atoms with E-state index in [1.54, 1.807) is 0 Å². The summed E-state index contributed by atoms with van der Waals surface area (Å²) in [5.41, 5.74) is 0. The monoisotopic (exact) mass is 575 g/mol. The molecule has 0 aliphatic rings. The molecule has 0 amide bonds. The molecule has 0 atom stereocenters. The zero-order valence-electron chi connectivity index (χ0n) is 1.53. The molecule has 0 unspecified atom stereocenters. The Morgan fingerprint density at radius 3 is 1.00 bits per heavy atom. The third-order valence-electron chi connectivity index (χ3n) is 0. The second-order valence-corrected chi connectivity index (χ2v) is 0. The average Bonchev–Trinajstić information content (AvgIpc) is 0. The topological polar surface area (TPSA) is 0 Å². The van der Waals surface area contributed by atoms with Gasteiger partial charge in [0.1, 0.15) is 0 Å². The van der Waals surface area contributed by atoms with Crippen molar-refractivity contribution in [3.8, 4) is 0 Å². The summed E-state index contributed by atoms with van der Waals surface area (Å²) in [6, 6.07) is 0. The summed E-state index contributed by atoms with van der Waals surface area (Å²) < 4.78 is 0. The predicted molar refractivity (Wildman–Crippen MR) is 0 cm³/mol. The molecule has 30 valence electrons. The van der Waals surface area contributed by atoms with E-state index < -0.39 is 0 Å². The second-order valence-electron chi connectivity index (χ2n) is 0. The van der Waals surface area contributed by atoms with Crippen LogP contribution in [-0.2, 0) is 87.2 Å². The van der Waals surface area contributed by atoms with Crippen molar-refractivity contribution in [3.05, 3.63) is 0 Å². The molecule has 4 heavy (non-hydrogen) atoms. The van der Waals surface area contributed by atoms with E-state index in [4.69, 9.17) is 0 Å². The van der Waals surface area contributed by atoms with Crippen molar-refractivity contribution < 1.29 is 87.2 Å². The number of hydrogen-bond acceptors (Lipinski definition) is 0. The van der Waals surface area contributed by atoms with E-state index >= 15 is 0 Å². The molecule has 0 aliphatic heterocycles. The maximum absolute atomic E-state index is 0. The summed E-state index contributed by atoms with van der Waals surface area (Å²) in [5.74, 6) is 0. The Hall–Kier alpha value is 2.86. The Morgan fingerprint density at radius 2 is 1.00 bits per heavy atom. The third kappa shape index (κ3) is 8.85. The van der Waals surface area contributed by atoms with Crippen molar-refractivity contribution in [2.75, 3.05) is 0 Å². The van der Waals surface area contributed by atoms with E-state index in [1.807, 2.05) is 0 Å². The molecule has 0 aromatic rings. The molecule has 2 radical (unpaired) electrons. The molecule has 0 aromatic heterocycles. The Kier molecular flexibility index (Phi) is 122. The van der Waals surface area contributed by atoms with Gasteiger partial charge < -0.3 is 0 Å². The van der Waals surface area contributed by atoms with Crippen LogP contribution >= 0.6 is 0 Å². The molecular weight excluding hydrogens is 575 g/mol. The summed E-state index contributed by atoms with van der Waals surface area (Å²) in [7, 11) is 0. The van der Waals surface area contributed by atoms with Crippen molar-refractivity contribution in [2.45, 2.75) is 0 Å². The minimum Gasteiger partial charge on any atom is 0 e. The van der Waals surface area contributed by atoms with Gasteiger partial charge in [0.25, 0.3) is 0 Å². The van der Waals surface area contributed by atoms with E-state index in [1.165, 1.54) is 0 Å². The van der Waals surface area contributed by atoms with E-state index in [0.29, 0.717) is 0 Å². The maximum Gasteiger partial charge on any atom is 0 e. The zero-order valence-corrected chi connectivity index (χ0v) is 10.6. The second kappa shape index (κ2) is 16.9. The zero-order chi connectivity index (χ0) is 0. The van der Waals surface area contributed by atoms with Crippen LogP contribution in [0.1, 0.15) is 0 Å². The van der Waals surface area contributed by atoms with Gasteiger partial charge in [-0.15, -0.1) is 0 Å². The quantitative estimate of drug-likeness (QED) is 0.357. The summed E-state index contributed by atoms with van der Waals surface area (Å²) in [6.07, 6.45) is 0. The largest absolute Gasteiger partial charge is 0 e. The van der Waals surface area contributed by atoms with Gasteiger partial charge in [-0.05, 0) is 0 Å². The predicted octanol–water partition coefficient (Wildman–Crippen LogP) is -0.0100. The third-order valence-corrected chi connectivity index (χ3v) is 0.